The molecule has 1 aromatic carbocycles. The van der Waals surface area contributed by atoms with Gasteiger partial charge >= 0.3 is 0 Å². The van der Waals surface area contributed by atoms with E-state index in [0.29, 0.717) is 13.2 Å². The Morgan fingerprint density at radius 1 is 1.50 bits per heavy atom. The summed E-state index contributed by atoms with van der Waals surface area (Å²) in [6, 6.07) is 6.01. The van der Waals surface area contributed by atoms with Gasteiger partial charge in [0.25, 0.3) is 0 Å². The maximum atomic E-state index is 5.50. The van der Waals surface area contributed by atoms with Crippen molar-refractivity contribution in [3.63, 3.8) is 0 Å². The van der Waals surface area contributed by atoms with Crippen molar-refractivity contribution >= 4 is 22.6 Å². The number of benzene rings is 1. The first-order valence-electron chi connectivity index (χ1n) is 3.89. The quantitative estimate of drug-likeness (QED) is 0.859. The molecule has 0 saturated heterocycles. The second-order valence-corrected chi connectivity index (χ2v) is 3.56. The molecule has 0 aromatic heterocycles. The average molecular weight is 277 g/mol. The van der Waals surface area contributed by atoms with Crippen LogP contribution in [0.1, 0.15) is 12.5 Å². The molecule has 1 aromatic rings. The number of rotatable bonds is 3. The Bertz CT molecular complexity index is 263. The standard InChI is InChI=1S/C9H12INO/c1-2-12-9-4-3-7(6-11)5-8(9)10/h3-5H,2,6,11H2,1H3. The van der Waals surface area contributed by atoms with Gasteiger partial charge in [-0.25, -0.2) is 0 Å². The maximum absolute atomic E-state index is 5.50. The molecule has 2 nitrogen and oxygen atoms in total. The topological polar surface area (TPSA) is 35.2 Å². The highest BCUT2D eigenvalue weighted by atomic mass is 127. The Morgan fingerprint density at radius 2 is 2.25 bits per heavy atom. The molecule has 2 N–H and O–H groups in total. The van der Waals surface area contributed by atoms with E-state index in [1.807, 2.05) is 25.1 Å². The summed E-state index contributed by atoms with van der Waals surface area (Å²) in [6.45, 7) is 3.27. The first-order valence-corrected chi connectivity index (χ1v) is 4.97. The van der Waals surface area contributed by atoms with E-state index in [1.165, 1.54) is 0 Å². The number of halogens is 1. The molecule has 0 amide bonds. The Labute approximate surface area is 86.2 Å². The number of nitrogens with two attached hydrogens (primary N) is 1. The Morgan fingerprint density at radius 3 is 2.75 bits per heavy atom. The third kappa shape index (κ3) is 2.35. The predicted octanol–water partition coefficient (Wildman–Crippen LogP) is 2.15. The predicted molar refractivity (Wildman–Crippen MR) is 58.2 cm³/mol. The molecule has 12 heavy (non-hydrogen) atoms. The lowest BCUT2D eigenvalue weighted by Gasteiger charge is -2.06. The zero-order valence-electron chi connectivity index (χ0n) is 7.01. The van der Waals surface area contributed by atoms with Crippen molar-refractivity contribution in [1.82, 2.24) is 0 Å². The van der Waals surface area contributed by atoms with Gasteiger partial charge in [0, 0.05) is 6.54 Å². The van der Waals surface area contributed by atoms with E-state index in [4.69, 9.17) is 10.5 Å². The molecule has 1 rings (SSSR count). The van der Waals surface area contributed by atoms with Gasteiger partial charge in [0.2, 0.25) is 0 Å². The van der Waals surface area contributed by atoms with E-state index in [-0.39, 0.29) is 0 Å². The van der Waals surface area contributed by atoms with E-state index >= 15 is 0 Å². The zero-order chi connectivity index (χ0) is 8.97. The summed E-state index contributed by atoms with van der Waals surface area (Å²) in [7, 11) is 0. The fourth-order valence-corrected chi connectivity index (χ4v) is 1.68. The second-order valence-electron chi connectivity index (χ2n) is 2.40. The summed E-state index contributed by atoms with van der Waals surface area (Å²) in [6.07, 6.45) is 0. The summed E-state index contributed by atoms with van der Waals surface area (Å²) >= 11 is 2.25. The number of hydrogen-bond donors (Lipinski definition) is 1. The van der Waals surface area contributed by atoms with E-state index in [0.717, 1.165) is 14.9 Å². The number of ether oxygens (including phenoxy) is 1. The van der Waals surface area contributed by atoms with E-state index < -0.39 is 0 Å². The molecule has 3 heteroatoms. The van der Waals surface area contributed by atoms with Gasteiger partial charge in [-0.15, -0.1) is 0 Å². The molecule has 0 bridgehead atoms. The van der Waals surface area contributed by atoms with E-state index in [9.17, 15) is 0 Å². The first kappa shape index (κ1) is 9.80. The molecule has 0 fully saturated rings. The Balaban J connectivity index is 2.87. The van der Waals surface area contributed by atoms with Crippen LogP contribution in [0.2, 0.25) is 0 Å². The normalized spacial score (nSPS) is 9.92. The first-order chi connectivity index (χ1) is 5.77. The van der Waals surface area contributed by atoms with Crippen LogP contribution in [-0.2, 0) is 6.54 Å². The Hall–Kier alpha value is -0.290. The van der Waals surface area contributed by atoms with Crippen LogP contribution in [0, 0.1) is 3.57 Å². The summed E-state index contributed by atoms with van der Waals surface area (Å²) in [4.78, 5) is 0. The zero-order valence-corrected chi connectivity index (χ0v) is 9.17. The van der Waals surface area contributed by atoms with Crippen molar-refractivity contribution in [2.45, 2.75) is 13.5 Å². The molecule has 0 unspecified atom stereocenters. The molecular formula is C9H12INO. The van der Waals surface area contributed by atoms with Gasteiger partial charge in [0.05, 0.1) is 10.2 Å². The molecular weight excluding hydrogens is 265 g/mol. The van der Waals surface area contributed by atoms with Crippen LogP contribution in [0.3, 0.4) is 0 Å². The minimum Gasteiger partial charge on any atom is -0.493 e. The molecule has 0 atom stereocenters. The van der Waals surface area contributed by atoms with E-state index in [1.54, 1.807) is 0 Å². The lowest BCUT2D eigenvalue weighted by atomic mass is 10.2. The maximum Gasteiger partial charge on any atom is 0.132 e. The molecule has 0 heterocycles. The highest BCUT2D eigenvalue weighted by Crippen LogP contribution is 2.21. The average Bonchev–Trinajstić information content (AvgIpc) is 2.09. The van der Waals surface area contributed by atoms with Gasteiger partial charge in [0.1, 0.15) is 5.75 Å². The summed E-state index contributed by atoms with van der Waals surface area (Å²) < 4.78 is 6.51. The fraction of sp³-hybridized carbons (Fsp3) is 0.333. The third-order valence-corrected chi connectivity index (χ3v) is 2.37. The van der Waals surface area contributed by atoms with Crippen LogP contribution in [0.25, 0.3) is 0 Å². The molecule has 0 aliphatic heterocycles. The van der Waals surface area contributed by atoms with Crippen molar-refractivity contribution < 1.29 is 4.74 Å². The number of hydrogen-bond acceptors (Lipinski definition) is 2. The molecule has 0 aliphatic carbocycles. The monoisotopic (exact) mass is 277 g/mol. The van der Waals surface area contributed by atoms with Crippen LogP contribution in [0.5, 0.6) is 5.75 Å². The van der Waals surface area contributed by atoms with Crippen LogP contribution in [0.15, 0.2) is 18.2 Å². The highest BCUT2D eigenvalue weighted by molar-refractivity contribution is 14.1. The van der Waals surface area contributed by atoms with Crippen molar-refractivity contribution in [3.05, 3.63) is 27.3 Å². The van der Waals surface area contributed by atoms with Crippen molar-refractivity contribution in [3.8, 4) is 5.75 Å². The minimum absolute atomic E-state index is 0.586. The SMILES string of the molecule is CCOc1ccc(CN)cc1I. The van der Waals surface area contributed by atoms with Crippen molar-refractivity contribution in [1.29, 1.82) is 0 Å². The molecule has 66 valence electrons. The van der Waals surface area contributed by atoms with Crippen LogP contribution in [-0.4, -0.2) is 6.61 Å². The van der Waals surface area contributed by atoms with E-state index in [2.05, 4.69) is 22.6 Å². The molecule has 0 saturated carbocycles. The minimum atomic E-state index is 0.586. The lowest BCUT2D eigenvalue weighted by Crippen LogP contribution is -1.98. The van der Waals surface area contributed by atoms with Crippen molar-refractivity contribution in [2.75, 3.05) is 6.61 Å². The van der Waals surface area contributed by atoms with Gasteiger partial charge in [-0.2, -0.15) is 0 Å². The molecule has 0 radical (unpaired) electrons. The largest absolute Gasteiger partial charge is 0.493 e. The van der Waals surface area contributed by atoms with Crippen LogP contribution >= 0.6 is 22.6 Å². The van der Waals surface area contributed by atoms with Crippen LogP contribution in [0.4, 0.5) is 0 Å². The van der Waals surface area contributed by atoms with Crippen molar-refractivity contribution in [2.24, 2.45) is 5.73 Å². The smallest absolute Gasteiger partial charge is 0.132 e. The van der Waals surface area contributed by atoms with Crippen LogP contribution < -0.4 is 10.5 Å². The third-order valence-electron chi connectivity index (χ3n) is 1.53. The highest BCUT2D eigenvalue weighted by Gasteiger charge is 1.99. The van der Waals surface area contributed by atoms with Gasteiger partial charge in [-0.3, -0.25) is 0 Å². The summed E-state index contributed by atoms with van der Waals surface area (Å²) in [5.74, 6) is 0.940. The molecule has 0 spiro atoms. The summed E-state index contributed by atoms with van der Waals surface area (Å²) in [5.41, 5.74) is 6.64. The second kappa shape index (κ2) is 4.67. The van der Waals surface area contributed by atoms with Gasteiger partial charge in [0.15, 0.2) is 0 Å². The lowest BCUT2D eigenvalue weighted by molar-refractivity contribution is 0.338. The molecule has 0 aliphatic rings. The summed E-state index contributed by atoms with van der Waals surface area (Å²) in [5, 5.41) is 0. The van der Waals surface area contributed by atoms with Gasteiger partial charge < -0.3 is 10.5 Å². The van der Waals surface area contributed by atoms with Gasteiger partial charge in [-0.05, 0) is 47.2 Å². The Kier molecular flexibility index (Phi) is 3.81. The fourth-order valence-electron chi connectivity index (χ4n) is 0.944. The van der Waals surface area contributed by atoms with Gasteiger partial charge in [-0.1, -0.05) is 6.07 Å².